The van der Waals surface area contributed by atoms with Crippen LogP contribution in [0.25, 0.3) is 0 Å². The van der Waals surface area contributed by atoms with E-state index >= 15 is 0 Å². The summed E-state index contributed by atoms with van der Waals surface area (Å²) in [6.07, 6.45) is 4.56. The summed E-state index contributed by atoms with van der Waals surface area (Å²) in [7, 11) is 0. The van der Waals surface area contributed by atoms with Crippen LogP contribution in [0.1, 0.15) is 66.3 Å². The van der Waals surface area contributed by atoms with Crippen molar-refractivity contribution in [3.8, 4) is 5.75 Å². The van der Waals surface area contributed by atoms with E-state index in [0.717, 1.165) is 12.8 Å². The molecule has 0 aromatic heterocycles. The Balaban J connectivity index is 0.00000187. The molecule has 0 amide bonds. The highest BCUT2D eigenvalue weighted by molar-refractivity contribution is 5.91. The second kappa shape index (κ2) is 13.6. The summed E-state index contributed by atoms with van der Waals surface area (Å²) in [5.41, 5.74) is 3.04. The summed E-state index contributed by atoms with van der Waals surface area (Å²) < 4.78 is 5.43. The van der Waals surface area contributed by atoms with Crippen LogP contribution in [0.15, 0.2) is 83.0 Å². The van der Waals surface area contributed by atoms with E-state index in [1.807, 2.05) is 26.0 Å². The summed E-state index contributed by atoms with van der Waals surface area (Å²) >= 11 is 0. The third kappa shape index (κ3) is 8.33. The summed E-state index contributed by atoms with van der Waals surface area (Å²) in [5, 5.41) is 17.1. The lowest BCUT2D eigenvalue weighted by atomic mass is 10.1. The summed E-state index contributed by atoms with van der Waals surface area (Å²) in [5.74, 6) is -0.980. The quantitative estimate of drug-likeness (QED) is 0.157. The van der Waals surface area contributed by atoms with Gasteiger partial charge in [0.15, 0.2) is 0 Å². The lowest BCUT2D eigenvalue weighted by Gasteiger charge is -2.06. The zero-order chi connectivity index (χ0) is 24.1. The van der Waals surface area contributed by atoms with Crippen molar-refractivity contribution in [1.29, 1.82) is 0 Å². The van der Waals surface area contributed by atoms with E-state index in [-0.39, 0.29) is 5.56 Å². The maximum absolute atomic E-state index is 12.4. The zero-order valence-electron chi connectivity index (χ0n) is 19.3. The number of hydrogen-bond donors (Lipinski definition) is 1. The van der Waals surface area contributed by atoms with E-state index in [0.29, 0.717) is 22.7 Å². The average Bonchev–Trinajstić information content (AvgIpc) is 2.85. The van der Waals surface area contributed by atoms with Crippen molar-refractivity contribution in [2.45, 2.75) is 46.5 Å². The lowest BCUT2D eigenvalue weighted by Crippen LogP contribution is -2.08. The molecule has 0 heterocycles. The summed E-state index contributed by atoms with van der Waals surface area (Å²) in [4.78, 5) is 23.2. The van der Waals surface area contributed by atoms with Gasteiger partial charge in [0.1, 0.15) is 5.75 Å². The highest BCUT2D eigenvalue weighted by atomic mass is 16.5. The number of unbranched alkanes of at least 4 members (excludes halogenated alkanes) is 2. The Hall–Kier alpha value is -3.80. The molecule has 0 aliphatic carbocycles. The van der Waals surface area contributed by atoms with Gasteiger partial charge in [0, 0.05) is 0 Å². The number of aromatic carboxylic acids is 1. The molecule has 0 saturated heterocycles. The topological polar surface area (TPSA) is 88.3 Å². The van der Waals surface area contributed by atoms with E-state index in [2.05, 4.69) is 17.2 Å². The van der Waals surface area contributed by atoms with Crippen molar-refractivity contribution < 1.29 is 19.4 Å². The number of esters is 1. The number of carboxylic acids is 1. The Morgan fingerprint density at radius 3 is 1.79 bits per heavy atom. The zero-order valence-corrected chi connectivity index (χ0v) is 19.3. The van der Waals surface area contributed by atoms with Gasteiger partial charge in [0.2, 0.25) is 0 Å². The van der Waals surface area contributed by atoms with Crippen molar-refractivity contribution in [2.24, 2.45) is 10.2 Å². The first-order valence-corrected chi connectivity index (χ1v) is 11.2. The first kappa shape index (κ1) is 25.5. The molecule has 0 fully saturated rings. The highest BCUT2D eigenvalue weighted by Gasteiger charge is 2.09. The van der Waals surface area contributed by atoms with Crippen LogP contribution in [-0.4, -0.2) is 17.0 Å². The summed E-state index contributed by atoms with van der Waals surface area (Å²) in [6, 6.07) is 20.3. The van der Waals surface area contributed by atoms with Gasteiger partial charge in [-0.3, -0.25) is 0 Å². The first-order chi connectivity index (χ1) is 16.0. The fraction of sp³-hybridized carbons (Fsp3) is 0.259. The Bertz CT molecular complexity index is 1040. The van der Waals surface area contributed by atoms with Crippen LogP contribution in [0.5, 0.6) is 5.75 Å². The van der Waals surface area contributed by atoms with Crippen LogP contribution < -0.4 is 4.74 Å². The third-order valence-corrected chi connectivity index (χ3v) is 4.70. The highest BCUT2D eigenvalue weighted by Crippen LogP contribution is 2.22. The largest absolute Gasteiger partial charge is 0.478 e. The number of hydrogen-bond acceptors (Lipinski definition) is 5. The molecule has 0 bridgehead atoms. The minimum Gasteiger partial charge on any atom is -0.478 e. The number of rotatable bonds is 9. The second-order valence-electron chi connectivity index (χ2n) is 7.09. The van der Waals surface area contributed by atoms with Crippen molar-refractivity contribution in [3.63, 3.8) is 0 Å². The number of carboxylic acid groups (broad SMARTS) is 1. The van der Waals surface area contributed by atoms with Gasteiger partial charge < -0.3 is 9.84 Å². The SMILES string of the molecule is CC.CCCCCc1ccc(C(=O)Oc2ccc(N=Nc3ccc(C(=O)O)cc3)cc2)cc1. The molecule has 0 aliphatic heterocycles. The Labute approximate surface area is 195 Å². The van der Waals surface area contributed by atoms with Gasteiger partial charge in [-0.25, -0.2) is 9.59 Å². The van der Waals surface area contributed by atoms with Gasteiger partial charge in [-0.1, -0.05) is 45.7 Å². The molecule has 0 saturated carbocycles. The first-order valence-electron chi connectivity index (χ1n) is 11.2. The van der Waals surface area contributed by atoms with Crippen LogP contribution in [0.3, 0.4) is 0 Å². The minimum absolute atomic E-state index is 0.191. The van der Waals surface area contributed by atoms with Gasteiger partial charge in [-0.15, -0.1) is 0 Å². The maximum Gasteiger partial charge on any atom is 0.343 e. The van der Waals surface area contributed by atoms with Crippen LogP contribution >= 0.6 is 0 Å². The van der Waals surface area contributed by atoms with Gasteiger partial charge in [-0.2, -0.15) is 10.2 Å². The van der Waals surface area contributed by atoms with Crippen molar-refractivity contribution in [2.75, 3.05) is 0 Å². The van der Waals surface area contributed by atoms with Crippen LogP contribution in [0, 0.1) is 0 Å². The monoisotopic (exact) mass is 446 g/mol. The number of carbonyl (C=O) groups is 2. The lowest BCUT2D eigenvalue weighted by molar-refractivity contribution is 0.0694. The Kier molecular flexibility index (Phi) is 10.5. The molecule has 0 atom stereocenters. The molecule has 6 heteroatoms. The van der Waals surface area contributed by atoms with Gasteiger partial charge in [0.25, 0.3) is 0 Å². The van der Waals surface area contributed by atoms with Gasteiger partial charge in [-0.05, 0) is 79.1 Å². The van der Waals surface area contributed by atoms with Crippen molar-refractivity contribution >= 4 is 23.3 Å². The molecule has 6 nitrogen and oxygen atoms in total. The second-order valence-corrected chi connectivity index (χ2v) is 7.09. The molecule has 3 aromatic carbocycles. The average molecular weight is 447 g/mol. The molecule has 0 aliphatic rings. The maximum atomic E-state index is 12.4. The number of ether oxygens (including phenoxy) is 1. The number of benzene rings is 3. The Morgan fingerprint density at radius 2 is 1.27 bits per heavy atom. The predicted molar refractivity (Wildman–Crippen MR) is 130 cm³/mol. The molecular weight excluding hydrogens is 416 g/mol. The standard InChI is InChI=1S/C25H24N2O4.C2H6/c1-2-3-4-5-18-6-8-20(9-7-18)25(30)31-23-16-14-22(15-17-23)27-26-21-12-10-19(11-13-21)24(28)29;1-2/h6-17H,2-5H2,1H3,(H,28,29);1-2H3. The molecule has 0 radical (unpaired) electrons. The predicted octanol–water partition coefficient (Wildman–Crippen LogP) is 7.78. The molecule has 33 heavy (non-hydrogen) atoms. The smallest absolute Gasteiger partial charge is 0.343 e. The number of azo groups is 1. The molecule has 172 valence electrons. The van der Waals surface area contributed by atoms with Crippen LogP contribution in [0.4, 0.5) is 11.4 Å². The van der Waals surface area contributed by atoms with Crippen LogP contribution in [-0.2, 0) is 6.42 Å². The number of nitrogens with zero attached hydrogens (tertiary/aromatic N) is 2. The third-order valence-electron chi connectivity index (χ3n) is 4.70. The molecule has 0 spiro atoms. The fourth-order valence-corrected chi connectivity index (χ4v) is 2.92. The van der Waals surface area contributed by atoms with E-state index < -0.39 is 11.9 Å². The fourth-order valence-electron chi connectivity index (χ4n) is 2.92. The normalized spacial score (nSPS) is 10.4. The van der Waals surface area contributed by atoms with Crippen molar-refractivity contribution in [1.82, 2.24) is 0 Å². The summed E-state index contributed by atoms with van der Waals surface area (Å²) in [6.45, 7) is 6.18. The Morgan fingerprint density at radius 1 is 0.758 bits per heavy atom. The molecule has 0 unspecified atom stereocenters. The minimum atomic E-state index is -0.989. The number of aryl methyl sites for hydroxylation is 1. The van der Waals surface area contributed by atoms with E-state index in [9.17, 15) is 9.59 Å². The van der Waals surface area contributed by atoms with Gasteiger partial charge >= 0.3 is 11.9 Å². The molecule has 1 N–H and O–H groups in total. The number of carbonyl (C=O) groups excluding carboxylic acids is 1. The van der Waals surface area contributed by atoms with E-state index in [1.54, 1.807) is 48.5 Å². The molecule has 3 rings (SSSR count). The van der Waals surface area contributed by atoms with Crippen LogP contribution in [0.2, 0.25) is 0 Å². The molecule has 3 aromatic rings. The molecular formula is C27H30N2O4. The van der Waals surface area contributed by atoms with E-state index in [1.165, 1.54) is 30.5 Å². The van der Waals surface area contributed by atoms with Gasteiger partial charge in [0.05, 0.1) is 22.5 Å². The van der Waals surface area contributed by atoms with E-state index in [4.69, 9.17) is 9.84 Å². The van der Waals surface area contributed by atoms with Crippen molar-refractivity contribution in [3.05, 3.63) is 89.5 Å².